The third-order valence-corrected chi connectivity index (χ3v) is 5.41. The monoisotopic (exact) mass is 333 g/mol. The van der Waals surface area contributed by atoms with Gasteiger partial charge in [0.1, 0.15) is 0 Å². The highest BCUT2D eigenvalue weighted by atomic mass is 32.2. The largest absolute Gasteiger partial charge is 0.341 e. The Morgan fingerprint density at radius 3 is 2.59 bits per heavy atom. The van der Waals surface area contributed by atoms with Crippen LogP contribution in [0.15, 0.2) is 44.7 Å². The van der Waals surface area contributed by atoms with E-state index in [1.165, 1.54) is 12.8 Å². The van der Waals surface area contributed by atoms with E-state index in [0.29, 0.717) is 0 Å². The molecule has 2 aromatic rings. The van der Waals surface area contributed by atoms with E-state index in [-0.39, 0.29) is 0 Å². The zero-order valence-corrected chi connectivity index (χ0v) is 14.4. The summed E-state index contributed by atoms with van der Waals surface area (Å²) >= 11 is 3.24. The van der Waals surface area contributed by atoms with Crippen LogP contribution in [-0.2, 0) is 7.05 Å². The van der Waals surface area contributed by atoms with Gasteiger partial charge in [-0.2, -0.15) is 10.1 Å². The number of rotatable bonds is 2. The molecule has 1 aliphatic heterocycles. The maximum atomic E-state index is 4.79. The van der Waals surface area contributed by atoms with Crippen molar-refractivity contribution in [1.82, 2.24) is 14.7 Å². The van der Waals surface area contributed by atoms with Crippen molar-refractivity contribution in [2.45, 2.75) is 17.2 Å². The fraction of sp³-hybridized carbons (Fsp3) is 0.400. The standard InChI is InChI=1S/C15H19N5S2/c1-19-14(22-15(18-19)21-2)17-13(20-10-6-7-11-20)16-12-8-4-3-5-9-12/h3-5,8-9H,6-7,10-11H2,1-2H3. The van der Waals surface area contributed by atoms with Crippen molar-refractivity contribution in [3.05, 3.63) is 35.1 Å². The molecule has 0 amide bonds. The topological polar surface area (TPSA) is 45.8 Å². The van der Waals surface area contributed by atoms with Gasteiger partial charge in [-0.15, -0.1) is 0 Å². The van der Waals surface area contributed by atoms with E-state index in [2.05, 4.69) is 10.00 Å². The number of aliphatic imine (C=N–C) groups is 1. The first kappa shape index (κ1) is 15.3. The number of aryl methyl sites for hydroxylation is 1. The fourth-order valence-electron chi connectivity index (χ4n) is 2.29. The average molecular weight is 333 g/mol. The number of likely N-dealkylation sites (tertiary alicyclic amines) is 1. The van der Waals surface area contributed by atoms with Crippen LogP contribution in [-0.4, -0.2) is 40.0 Å². The molecule has 0 unspecified atom stereocenters. The molecule has 0 aliphatic carbocycles. The van der Waals surface area contributed by atoms with Crippen molar-refractivity contribution >= 4 is 34.7 Å². The number of hydrogen-bond donors (Lipinski definition) is 0. The van der Waals surface area contributed by atoms with Crippen molar-refractivity contribution in [3.8, 4) is 0 Å². The summed E-state index contributed by atoms with van der Waals surface area (Å²) in [7, 11) is 1.93. The van der Waals surface area contributed by atoms with Gasteiger partial charge in [-0.05, 0) is 31.2 Å². The Balaban J connectivity index is 2.01. The lowest BCUT2D eigenvalue weighted by Crippen LogP contribution is -2.29. The molecule has 22 heavy (non-hydrogen) atoms. The number of para-hydroxylation sites is 1. The summed E-state index contributed by atoms with van der Waals surface area (Å²) in [6.45, 7) is 2.04. The number of nitrogens with zero attached hydrogens (tertiary/aromatic N) is 5. The highest BCUT2D eigenvalue weighted by molar-refractivity contribution is 8.00. The molecule has 1 fully saturated rings. The van der Waals surface area contributed by atoms with Gasteiger partial charge in [-0.1, -0.05) is 41.3 Å². The van der Waals surface area contributed by atoms with Gasteiger partial charge in [0, 0.05) is 20.1 Å². The zero-order chi connectivity index (χ0) is 15.4. The molecule has 5 nitrogen and oxygen atoms in total. The van der Waals surface area contributed by atoms with E-state index in [1.807, 2.05) is 48.3 Å². The molecule has 0 bridgehead atoms. The summed E-state index contributed by atoms with van der Waals surface area (Å²) in [5.41, 5.74) is 0.936. The van der Waals surface area contributed by atoms with Crippen LogP contribution < -0.4 is 4.80 Å². The van der Waals surface area contributed by atoms with Crippen molar-refractivity contribution in [2.24, 2.45) is 17.0 Å². The van der Waals surface area contributed by atoms with Crippen LogP contribution in [0, 0.1) is 0 Å². The molecule has 0 atom stereocenters. The van der Waals surface area contributed by atoms with Crippen LogP contribution in [0.3, 0.4) is 0 Å². The maximum Gasteiger partial charge on any atom is 0.228 e. The average Bonchev–Trinajstić information content (AvgIpc) is 3.18. The summed E-state index contributed by atoms with van der Waals surface area (Å²) in [6.07, 6.45) is 4.43. The predicted molar refractivity (Wildman–Crippen MR) is 92.8 cm³/mol. The Morgan fingerprint density at radius 2 is 1.95 bits per heavy atom. The number of hydrogen-bond acceptors (Lipinski definition) is 4. The second-order valence-corrected chi connectivity index (χ2v) is 7.04. The van der Waals surface area contributed by atoms with Gasteiger partial charge < -0.3 is 4.90 Å². The zero-order valence-electron chi connectivity index (χ0n) is 12.8. The molecule has 0 N–H and O–H groups in total. The van der Waals surface area contributed by atoms with Crippen molar-refractivity contribution < 1.29 is 0 Å². The van der Waals surface area contributed by atoms with E-state index in [0.717, 1.165) is 33.9 Å². The molecule has 1 saturated heterocycles. The van der Waals surface area contributed by atoms with E-state index in [4.69, 9.17) is 9.98 Å². The SMILES string of the molecule is CSc1nn(C)c(=NC(=Nc2ccccc2)N2CCCC2)s1. The number of guanidine groups is 1. The first-order valence-electron chi connectivity index (χ1n) is 7.28. The van der Waals surface area contributed by atoms with Crippen molar-refractivity contribution in [2.75, 3.05) is 19.3 Å². The van der Waals surface area contributed by atoms with Crippen LogP contribution in [0.1, 0.15) is 12.8 Å². The minimum Gasteiger partial charge on any atom is -0.341 e. The molecule has 116 valence electrons. The van der Waals surface area contributed by atoms with Gasteiger partial charge in [0.05, 0.1) is 5.69 Å². The Bertz CT molecular complexity index is 711. The normalized spacial score (nSPS) is 16.5. The van der Waals surface area contributed by atoms with Gasteiger partial charge in [0.25, 0.3) is 0 Å². The predicted octanol–water partition coefficient (Wildman–Crippen LogP) is 2.89. The fourth-order valence-corrected chi connectivity index (χ4v) is 3.68. The Hall–Kier alpha value is -1.60. The molecule has 2 heterocycles. The van der Waals surface area contributed by atoms with Crippen LogP contribution in [0.4, 0.5) is 5.69 Å². The lowest BCUT2D eigenvalue weighted by Gasteiger charge is -2.15. The first-order valence-corrected chi connectivity index (χ1v) is 9.32. The Kier molecular flexibility index (Phi) is 4.94. The second-order valence-electron chi connectivity index (χ2n) is 5.03. The molecule has 0 spiro atoms. The Morgan fingerprint density at radius 1 is 1.23 bits per heavy atom. The van der Waals surface area contributed by atoms with Crippen molar-refractivity contribution in [1.29, 1.82) is 0 Å². The summed E-state index contributed by atoms with van der Waals surface area (Å²) in [6, 6.07) is 10.0. The second kappa shape index (κ2) is 7.11. The van der Waals surface area contributed by atoms with E-state index < -0.39 is 0 Å². The number of thioether (sulfide) groups is 1. The molecule has 3 rings (SSSR count). The lowest BCUT2D eigenvalue weighted by molar-refractivity contribution is 0.511. The Labute approximate surface area is 138 Å². The van der Waals surface area contributed by atoms with Crippen molar-refractivity contribution in [3.63, 3.8) is 0 Å². The highest BCUT2D eigenvalue weighted by Gasteiger charge is 2.16. The van der Waals surface area contributed by atoms with Gasteiger partial charge in [0.2, 0.25) is 10.8 Å². The summed E-state index contributed by atoms with van der Waals surface area (Å²) in [5, 5.41) is 4.45. The van der Waals surface area contributed by atoms with E-state index in [1.54, 1.807) is 23.1 Å². The molecule has 1 aliphatic rings. The van der Waals surface area contributed by atoms with E-state index >= 15 is 0 Å². The van der Waals surface area contributed by atoms with Gasteiger partial charge in [0.15, 0.2) is 4.34 Å². The van der Waals surface area contributed by atoms with Gasteiger partial charge in [-0.25, -0.2) is 9.67 Å². The molecular formula is C15H19N5S2. The summed E-state index contributed by atoms with van der Waals surface area (Å²) in [4.78, 5) is 12.7. The lowest BCUT2D eigenvalue weighted by atomic mass is 10.3. The minimum atomic E-state index is 0.788. The molecule has 1 aromatic carbocycles. The van der Waals surface area contributed by atoms with Crippen LogP contribution >= 0.6 is 23.1 Å². The maximum absolute atomic E-state index is 4.79. The van der Waals surface area contributed by atoms with Crippen LogP contribution in [0.5, 0.6) is 0 Å². The molecule has 1 aromatic heterocycles. The van der Waals surface area contributed by atoms with Gasteiger partial charge in [-0.3, -0.25) is 0 Å². The molecule has 0 radical (unpaired) electrons. The summed E-state index contributed by atoms with van der Waals surface area (Å²) in [5.74, 6) is 0.788. The number of aromatic nitrogens is 2. The highest BCUT2D eigenvalue weighted by Crippen LogP contribution is 2.16. The van der Waals surface area contributed by atoms with E-state index in [9.17, 15) is 0 Å². The molecule has 7 heteroatoms. The third-order valence-electron chi connectivity index (χ3n) is 3.43. The third kappa shape index (κ3) is 3.59. The smallest absolute Gasteiger partial charge is 0.228 e. The van der Waals surface area contributed by atoms with Crippen LogP contribution in [0.2, 0.25) is 0 Å². The quantitative estimate of drug-likeness (QED) is 0.482. The molecule has 0 saturated carbocycles. The minimum absolute atomic E-state index is 0.788. The van der Waals surface area contributed by atoms with Crippen LogP contribution in [0.25, 0.3) is 0 Å². The summed E-state index contributed by atoms with van der Waals surface area (Å²) < 4.78 is 2.84. The first-order chi connectivity index (χ1) is 10.8. The van der Waals surface area contributed by atoms with Gasteiger partial charge >= 0.3 is 0 Å². The molecular weight excluding hydrogens is 314 g/mol. The number of benzene rings is 1.